The molecule has 44 heavy (non-hydrogen) atoms. The van der Waals surface area contributed by atoms with Crippen LogP contribution in [0.1, 0.15) is 112 Å². The minimum atomic E-state index is -0.823. The van der Waals surface area contributed by atoms with Crippen LogP contribution in [0.25, 0.3) is 0 Å². The molecule has 0 amide bonds. The van der Waals surface area contributed by atoms with E-state index in [4.69, 9.17) is 19.2 Å². The van der Waals surface area contributed by atoms with E-state index in [2.05, 4.69) is 153 Å². The third kappa shape index (κ3) is 43.8. The van der Waals surface area contributed by atoms with Crippen molar-refractivity contribution in [3.05, 3.63) is 106 Å². The van der Waals surface area contributed by atoms with Gasteiger partial charge in [0.2, 0.25) is 0 Å². The van der Waals surface area contributed by atoms with Gasteiger partial charge in [0, 0.05) is 0 Å². The van der Waals surface area contributed by atoms with Gasteiger partial charge >= 0.3 is 66.2 Å². The van der Waals surface area contributed by atoms with E-state index in [0.717, 1.165) is 38.5 Å². The monoisotopic (exact) mass is 960 g/mol. The summed E-state index contributed by atoms with van der Waals surface area (Å²) in [6.07, 6.45) is 23.8. The predicted octanol–water partition coefficient (Wildman–Crippen LogP) is 12.7. The topological polar surface area (TPSA) is 54.4 Å². The summed E-state index contributed by atoms with van der Waals surface area (Å²) in [5, 5.41) is 8.72. The summed E-state index contributed by atoms with van der Waals surface area (Å²) in [7, 11) is 0. The second kappa shape index (κ2) is 35.5. The van der Waals surface area contributed by atoms with Gasteiger partial charge in [0.25, 0.3) is 0 Å². The Kier molecular flexibility index (Phi) is 38.9. The van der Waals surface area contributed by atoms with E-state index >= 15 is 0 Å². The molecule has 0 saturated heterocycles. The van der Waals surface area contributed by atoms with Crippen LogP contribution >= 0.6 is 48.9 Å². The first-order valence-electron chi connectivity index (χ1n) is 15.0. The van der Waals surface area contributed by atoms with E-state index in [9.17, 15) is 0 Å². The molecule has 3 nitrogen and oxygen atoms in total. The Bertz CT molecular complexity index is 1060. The Morgan fingerprint density at radius 1 is 0.659 bits per heavy atom. The van der Waals surface area contributed by atoms with Gasteiger partial charge in [-0.1, -0.05) is 100 Å². The Labute approximate surface area is 302 Å². The molecule has 1 rings (SSSR count). The van der Waals surface area contributed by atoms with E-state index in [1.807, 2.05) is 6.08 Å². The van der Waals surface area contributed by atoms with Crippen LogP contribution in [0.5, 0.6) is 0 Å². The molecular weight excluding hydrogens is 904 g/mol. The van der Waals surface area contributed by atoms with Crippen LogP contribution in [-0.4, -0.2) is 25.8 Å². The van der Waals surface area contributed by atoms with E-state index in [1.54, 1.807) is 0 Å². The summed E-state index contributed by atoms with van der Waals surface area (Å²) < 4.78 is 16.6. The second-order valence-electron chi connectivity index (χ2n) is 11.1. The number of allylic oxidation sites excluding steroid dienone is 11. The molecule has 0 heterocycles. The summed E-state index contributed by atoms with van der Waals surface area (Å²) >= 11 is 2.96. The van der Waals surface area contributed by atoms with Crippen LogP contribution in [0.3, 0.4) is 0 Å². The van der Waals surface area contributed by atoms with Crippen LogP contribution in [0.2, 0.25) is 0 Å². The van der Waals surface area contributed by atoms with Crippen molar-refractivity contribution < 1.29 is 13.5 Å². The van der Waals surface area contributed by atoms with Crippen molar-refractivity contribution in [2.24, 2.45) is 0 Å². The van der Waals surface area contributed by atoms with Gasteiger partial charge in [0.15, 0.2) is 0 Å². The second-order valence-corrected chi connectivity index (χ2v) is 34.7. The third-order valence-electron chi connectivity index (χ3n) is 6.21. The Hall–Kier alpha value is -0.305. The zero-order chi connectivity index (χ0) is 34.2. The van der Waals surface area contributed by atoms with E-state index in [0.29, 0.717) is 0 Å². The van der Waals surface area contributed by atoms with Crippen LogP contribution in [0.15, 0.2) is 100 Å². The first-order chi connectivity index (χ1) is 20.8. The van der Waals surface area contributed by atoms with Crippen molar-refractivity contribution in [1.29, 1.82) is 0 Å². The molecule has 0 saturated carbocycles. The number of benzene rings is 1. The predicted molar refractivity (Wildman–Crippen MR) is 225 cm³/mol. The standard InChI is InChI=1S/C21H30.C15H26O.BI3.O2S/c1-18(2)10-8-11-19(3)12-9-13-20(4)16-17-21-14-6-5-7-15-21;1-13(2)7-5-8-14(3)9-6-10-15(4)11-12-16;1-4(2)3;1-3-2/h5-7,10,12,14-16H,8-9,11,13,17H2,1-4H3;7,9,11,16H,5-6,8,10,12H2,1-4H3;;/b19-12+,20-16+;14-9+,15-11+;;. The molecule has 248 valence electrons. The van der Waals surface area contributed by atoms with Crippen molar-refractivity contribution in [3.63, 3.8) is 0 Å². The molecule has 0 bridgehead atoms. The van der Waals surface area contributed by atoms with Crippen molar-refractivity contribution >= 4 is 66.2 Å². The average Bonchev–Trinajstić information content (AvgIpc) is 2.93. The van der Waals surface area contributed by atoms with Gasteiger partial charge in [-0.15, -0.1) is 0 Å². The molecule has 0 aliphatic heterocycles. The zero-order valence-corrected chi connectivity index (χ0v) is 35.6. The summed E-state index contributed by atoms with van der Waals surface area (Å²) in [6, 6.07) is 10.7. The van der Waals surface area contributed by atoms with Crippen LogP contribution in [-0.2, 0) is 18.0 Å². The number of rotatable bonds is 15. The molecule has 1 N–H and O–H groups in total. The fourth-order valence-corrected chi connectivity index (χ4v) is 3.74. The summed E-state index contributed by atoms with van der Waals surface area (Å²) in [6.45, 7) is 17.5. The van der Waals surface area contributed by atoms with Gasteiger partial charge in [-0.2, -0.15) is 8.42 Å². The van der Waals surface area contributed by atoms with E-state index in [1.165, 1.54) is 58.3 Å². The molecule has 0 unspecified atom stereocenters. The maximum absolute atomic E-state index is 8.72. The first kappa shape index (κ1) is 48.1. The van der Waals surface area contributed by atoms with Crippen LogP contribution in [0.4, 0.5) is 0 Å². The molecule has 8 heteroatoms. The molecule has 0 spiro atoms. The maximum atomic E-state index is 8.72. The van der Waals surface area contributed by atoms with Gasteiger partial charge in [-0.05, 0) is 119 Å². The van der Waals surface area contributed by atoms with E-state index in [-0.39, 0.29) is 6.61 Å². The zero-order valence-electron chi connectivity index (χ0n) is 28.3. The molecule has 1 aromatic rings. The summed E-state index contributed by atoms with van der Waals surface area (Å²) in [5.41, 5.74) is 15.2. The van der Waals surface area contributed by atoms with Crippen molar-refractivity contribution in [1.82, 2.24) is 0 Å². The fraction of sp³-hybridized carbons (Fsp3) is 0.500. The minimum absolute atomic E-state index is 0.162. The molecule has 1 aromatic carbocycles. The van der Waals surface area contributed by atoms with Crippen LogP contribution in [0, 0.1) is 0 Å². The number of hydrogen-bond donors (Lipinski definition) is 1. The Morgan fingerprint density at radius 3 is 1.32 bits per heavy atom. The number of aliphatic hydroxyl groups is 1. The Morgan fingerprint density at radius 2 is 0.977 bits per heavy atom. The molecular formula is C36H56BI3O3S. The number of aliphatic hydroxyl groups excluding tert-OH is 1. The summed E-state index contributed by atoms with van der Waals surface area (Å²) in [5.74, 6) is 0. The normalized spacial score (nSPS) is 11.8. The summed E-state index contributed by atoms with van der Waals surface area (Å²) in [4.78, 5) is 0. The molecule has 2 radical (unpaired) electrons. The van der Waals surface area contributed by atoms with Gasteiger partial charge in [-0.3, -0.25) is 0 Å². The van der Waals surface area contributed by atoms with Gasteiger partial charge in [-0.25, -0.2) is 0 Å². The first-order valence-corrected chi connectivity index (χ1v) is 29.5. The molecule has 0 aliphatic rings. The van der Waals surface area contributed by atoms with E-state index < -0.39 is 23.2 Å². The van der Waals surface area contributed by atoms with Gasteiger partial charge in [0.05, 0.1) is 6.61 Å². The average molecular weight is 960 g/mol. The van der Waals surface area contributed by atoms with Gasteiger partial charge in [0.1, 0.15) is 0 Å². The molecule has 0 aromatic heterocycles. The number of hydrogen-bond acceptors (Lipinski definition) is 3. The Balaban J connectivity index is -0.000000645. The van der Waals surface area contributed by atoms with Gasteiger partial charge < -0.3 is 5.11 Å². The van der Waals surface area contributed by atoms with Crippen molar-refractivity contribution in [3.8, 4) is 0 Å². The molecule has 0 fully saturated rings. The van der Waals surface area contributed by atoms with Crippen molar-refractivity contribution in [2.45, 2.75) is 113 Å². The SMILES string of the molecule is CC(C)=CCC/C(C)=C/CC/C(C)=C/CO.CC(C)=CCC/C(C)=C/CC/C(C)=C/Cc1ccccc1.O=S=O.[B]I(I)I. The molecule has 0 aliphatic carbocycles. The molecule has 0 atom stereocenters. The number of halogens is 3. The quantitative estimate of drug-likeness (QED) is 0.108. The van der Waals surface area contributed by atoms with Crippen molar-refractivity contribution in [2.75, 3.05) is 6.61 Å². The van der Waals surface area contributed by atoms with Crippen LogP contribution < -0.4 is 0 Å². The fourth-order valence-electron chi connectivity index (χ4n) is 3.74. The third-order valence-corrected chi connectivity index (χ3v) is 6.21.